The van der Waals surface area contributed by atoms with Gasteiger partial charge < -0.3 is 4.90 Å². The van der Waals surface area contributed by atoms with E-state index in [1.165, 1.54) is 30.8 Å². The smallest absolute Gasteiger partial charge is 0.280 e. The molecule has 3 aromatic rings. The van der Waals surface area contributed by atoms with E-state index in [1.807, 2.05) is 19.2 Å². The van der Waals surface area contributed by atoms with E-state index in [2.05, 4.69) is 27.9 Å². The van der Waals surface area contributed by atoms with E-state index in [4.69, 9.17) is 4.98 Å². The van der Waals surface area contributed by atoms with Gasteiger partial charge in [-0.3, -0.25) is 15.0 Å². The summed E-state index contributed by atoms with van der Waals surface area (Å²) < 4.78 is 26.1. The monoisotopic (exact) mass is 408 g/mol. The zero-order valence-electron chi connectivity index (χ0n) is 17.4. The highest BCUT2D eigenvalue weighted by Crippen LogP contribution is 2.33. The molecule has 1 saturated heterocycles. The van der Waals surface area contributed by atoms with Crippen LogP contribution < -0.4 is 4.90 Å². The molecule has 0 spiro atoms. The van der Waals surface area contributed by atoms with Gasteiger partial charge in [-0.05, 0) is 56.0 Å². The highest BCUT2D eigenvalue weighted by atomic mass is 19.3. The van der Waals surface area contributed by atoms with Crippen LogP contribution in [0.1, 0.15) is 49.7 Å². The SMILES string of the molecule is CCCc1ncc(-c2cc(-c3ccnc(C(F)F)c3)cnc2C)cc1N1CCCC1. The lowest BCUT2D eigenvalue weighted by Crippen LogP contribution is -2.20. The molecule has 4 nitrogen and oxygen atoms in total. The summed E-state index contributed by atoms with van der Waals surface area (Å²) in [5.74, 6) is 0. The lowest BCUT2D eigenvalue weighted by atomic mass is 9.99. The van der Waals surface area contributed by atoms with Crippen molar-refractivity contribution in [3.8, 4) is 22.3 Å². The average molecular weight is 408 g/mol. The van der Waals surface area contributed by atoms with Crippen LogP contribution in [0, 0.1) is 6.92 Å². The quantitative estimate of drug-likeness (QED) is 0.501. The summed E-state index contributed by atoms with van der Waals surface area (Å²) in [6.45, 7) is 6.26. The molecule has 1 aliphatic heterocycles. The van der Waals surface area contributed by atoms with Crippen LogP contribution in [0.4, 0.5) is 14.5 Å². The zero-order chi connectivity index (χ0) is 21.1. The fraction of sp³-hybridized carbons (Fsp3) is 0.375. The van der Waals surface area contributed by atoms with Crippen LogP contribution in [-0.4, -0.2) is 28.0 Å². The molecule has 1 aliphatic rings. The molecule has 30 heavy (non-hydrogen) atoms. The second kappa shape index (κ2) is 8.86. The first-order valence-electron chi connectivity index (χ1n) is 10.5. The van der Waals surface area contributed by atoms with Crippen LogP contribution in [0.2, 0.25) is 0 Å². The Morgan fingerprint density at radius 1 is 0.967 bits per heavy atom. The maximum absolute atomic E-state index is 13.1. The highest BCUT2D eigenvalue weighted by Gasteiger charge is 2.18. The Labute approximate surface area is 176 Å². The van der Waals surface area contributed by atoms with E-state index in [-0.39, 0.29) is 5.69 Å². The number of nitrogens with zero attached hydrogens (tertiary/aromatic N) is 4. The van der Waals surface area contributed by atoms with Crippen molar-refractivity contribution in [3.63, 3.8) is 0 Å². The standard InChI is InChI=1S/C24H26F2N4/c1-3-6-21-23(30-9-4-5-10-30)13-19(15-29-21)20-11-18(14-28-16(20)2)17-7-8-27-22(12-17)24(25)26/h7-8,11-15,24H,3-6,9-10H2,1-2H3. The first kappa shape index (κ1) is 20.4. The molecule has 4 heterocycles. The third kappa shape index (κ3) is 4.18. The number of hydrogen-bond acceptors (Lipinski definition) is 4. The molecule has 0 atom stereocenters. The predicted molar refractivity (Wildman–Crippen MR) is 116 cm³/mol. The van der Waals surface area contributed by atoms with Gasteiger partial charge in [-0.2, -0.15) is 0 Å². The van der Waals surface area contributed by atoms with Gasteiger partial charge in [0.25, 0.3) is 6.43 Å². The van der Waals surface area contributed by atoms with Crippen molar-refractivity contribution in [1.29, 1.82) is 0 Å². The summed E-state index contributed by atoms with van der Waals surface area (Å²) >= 11 is 0. The van der Waals surface area contributed by atoms with Gasteiger partial charge in [0.05, 0.1) is 11.4 Å². The van der Waals surface area contributed by atoms with Crippen LogP contribution in [0.25, 0.3) is 22.3 Å². The summed E-state index contributed by atoms with van der Waals surface area (Å²) in [4.78, 5) is 15.5. The molecule has 6 heteroatoms. The number of aryl methyl sites for hydroxylation is 2. The maximum atomic E-state index is 13.1. The average Bonchev–Trinajstić information content (AvgIpc) is 3.29. The molecule has 0 unspecified atom stereocenters. The van der Waals surface area contributed by atoms with E-state index in [0.717, 1.165) is 54.0 Å². The molecular weight excluding hydrogens is 382 g/mol. The number of alkyl halides is 2. The number of aromatic nitrogens is 3. The van der Waals surface area contributed by atoms with Crippen LogP contribution in [0.5, 0.6) is 0 Å². The van der Waals surface area contributed by atoms with Gasteiger partial charge in [0.2, 0.25) is 0 Å². The van der Waals surface area contributed by atoms with Crippen molar-refractivity contribution in [2.75, 3.05) is 18.0 Å². The van der Waals surface area contributed by atoms with Gasteiger partial charge in [0.1, 0.15) is 5.69 Å². The first-order valence-corrected chi connectivity index (χ1v) is 10.5. The predicted octanol–water partition coefficient (Wildman–Crippen LogP) is 6.00. The number of halogens is 2. The highest BCUT2D eigenvalue weighted by molar-refractivity contribution is 5.76. The van der Waals surface area contributed by atoms with Crippen molar-refractivity contribution >= 4 is 5.69 Å². The van der Waals surface area contributed by atoms with Crippen LogP contribution in [-0.2, 0) is 6.42 Å². The maximum Gasteiger partial charge on any atom is 0.280 e. The first-order chi connectivity index (χ1) is 14.6. The van der Waals surface area contributed by atoms with E-state index in [0.29, 0.717) is 5.56 Å². The third-order valence-corrected chi connectivity index (χ3v) is 5.62. The summed E-state index contributed by atoms with van der Waals surface area (Å²) in [6, 6.07) is 7.39. The van der Waals surface area contributed by atoms with Gasteiger partial charge in [-0.1, -0.05) is 13.3 Å². The minimum absolute atomic E-state index is 0.225. The van der Waals surface area contributed by atoms with Crippen LogP contribution >= 0.6 is 0 Å². The molecule has 0 aliphatic carbocycles. The number of pyridine rings is 3. The van der Waals surface area contributed by atoms with Crippen LogP contribution in [0.3, 0.4) is 0 Å². The minimum atomic E-state index is -2.60. The van der Waals surface area contributed by atoms with Crippen molar-refractivity contribution in [3.05, 3.63) is 59.9 Å². The molecule has 0 saturated carbocycles. The molecule has 0 amide bonds. The van der Waals surface area contributed by atoms with Crippen molar-refractivity contribution in [1.82, 2.24) is 15.0 Å². The third-order valence-electron chi connectivity index (χ3n) is 5.62. The number of hydrogen-bond donors (Lipinski definition) is 0. The van der Waals surface area contributed by atoms with E-state index in [9.17, 15) is 8.78 Å². The normalized spacial score (nSPS) is 14.0. The zero-order valence-corrected chi connectivity index (χ0v) is 17.4. The lowest BCUT2D eigenvalue weighted by molar-refractivity contribution is 0.146. The Balaban J connectivity index is 1.76. The summed E-state index contributed by atoms with van der Waals surface area (Å²) in [6.07, 6.45) is 6.89. The summed E-state index contributed by atoms with van der Waals surface area (Å²) in [5, 5.41) is 0. The Morgan fingerprint density at radius 3 is 2.47 bits per heavy atom. The van der Waals surface area contributed by atoms with Gasteiger partial charge in [-0.25, -0.2) is 8.78 Å². The minimum Gasteiger partial charge on any atom is -0.370 e. The number of rotatable bonds is 6. The summed E-state index contributed by atoms with van der Waals surface area (Å²) in [7, 11) is 0. The molecule has 0 bridgehead atoms. The van der Waals surface area contributed by atoms with Crippen molar-refractivity contribution < 1.29 is 8.78 Å². The van der Waals surface area contributed by atoms with Crippen molar-refractivity contribution in [2.45, 2.75) is 46.0 Å². The van der Waals surface area contributed by atoms with E-state index in [1.54, 1.807) is 12.3 Å². The Hall–Kier alpha value is -2.89. The van der Waals surface area contributed by atoms with Crippen molar-refractivity contribution in [2.24, 2.45) is 0 Å². The van der Waals surface area contributed by atoms with E-state index >= 15 is 0 Å². The molecule has 0 aromatic carbocycles. The molecular formula is C24H26F2N4. The fourth-order valence-electron chi connectivity index (χ4n) is 4.02. The summed E-state index contributed by atoms with van der Waals surface area (Å²) in [5.41, 5.74) is 6.47. The van der Waals surface area contributed by atoms with Gasteiger partial charge in [0, 0.05) is 54.1 Å². The second-order valence-electron chi connectivity index (χ2n) is 7.76. The Bertz CT molecular complexity index is 1030. The van der Waals surface area contributed by atoms with Crippen LogP contribution in [0.15, 0.2) is 42.9 Å². The topological polar surface area (TPSA) is 41.9 Å². The number of anilines is 1. The largest absolute Gasteiger partial charge is 0.370 e. The molecule has 3 aromatic heterocycles. The molecule has 0 N–H and O–H groups in total. The van der Waals surface area contributed by atoms with Gasteiger partial charge >= 0.3 is 0 Å². The molecule has 0 radical (unpaired) electrons. The molecule has 1 fully saturated rings. The lowest BCUT2D eigenvalue weighted by Gasteiger charge is -2.22. The Kier molecular flexibility index (Phi) is 6.02. The molecule has 4 rings (SSSR count). The van der Waals surface area contributed by atoms with Gasteiger partial charge in [0.15, 0.2) is 0 Å². The van der Waals surface area contributed by atoms with E-state index < -0.39 is 6.43 Å². The fourth-order valence-corrected chi connectivity index (χ4v) is 4.02. The second-order valence-corrected chi connectivity index (χ2v) is 7.76. The Morgan fingerprint density at radius 2 is 1.73 bits per heavy atom. The van der Waals surface area contributed by atoms with Gasteiger partial charge in [-0.15, -0.1) is 0 Å². The molecule has 156 valence electrons.